The Morgan fingerprint density at radius 2 is 1.64 bits per heavy atom. The molecule has 9 heteroatoms. The van der Waals surface area contributed by atoms with E-state index in [1.165, 1.54) is 39.7 Å². The molecule has 1 amide bonds. The van der Waals surface area contributed by atoms with Crippen LogP contribution in [0.25, 0.3) is 0 Å². The first-order valence-corrected chi connectivity index (χ1v) is 10.6. The summed E-state index contributed by atoms with van der Waals surface area (Å²) in [6.07, 6.45) is 3.66. The predicted octanol–water partition coefficient (Wildman–Crippen LogP) is 3.97. The number of benzene rings is 2. The predicted molar refractivity (Wildman–Crippen MR) is 124 cm³/mol. The highest BCUT2D eigenvalue weighted by atomic mass is 16.6. The van der Waals surface area contributed by atoms with Gasteiger partial charge in [-0.25, -0.2) is 10.2 Å². The topological polar surface area (TPSA) is 105 Å². The Balaban J connectivity index is 2.21. The molecule has 0 saturated carbocycles. The lowest BCUT2D eigenvalue weighted by Crippen LogP contribution is -2.16. The summed E-state index contributed by atoms with van der Waals surface area (Å²) in [5.41, 5.74) is 3.37. The first-order chi connectivity index (χ1) is 16.0. The van der Waals surface area contributed by atoms with E-state index in [1.807, 2.05) is 13.8 Å². The Bertz CT molecular complexity index is 964. The van der Waals surface area contributed by atoms with E-state index < -0.39 is 5.97 Å². The molecule has 9 nitrogen and oxygen atoms in total. The molecule has 0 atom stereocenters. The Kier molecular flexibility index (Phi) is 10.0. The van der Waals surface area contributed by atoms with Crippen molar-refractivity contribution in [1.29, 1.82) is 0 Å². The number of unbranched alkanes of at least 4 members (excludes halogenated alkanes) is 1. The average molecular weight is 459 g/mol. The van der Waals surface area contributed by atoms with Crippen LogP contribution < -0.4 is 29.1 Å². The number of esters is 1. The number of nitrogens with zero attached hydrogens (tertiary/aromatic N) is 1. The van der Waals surface area contributed by atoms with E-state index in [-0.39, 0.29) is 17.2 Å². The van der Waals surface area contributed by atoms with Crippen molar-refractivity contribution in [3.8, 4) is 28.7 Å². The smallest absolute Gasteiger partial charge is 0.343 e. The van der Waals surface area contributed by atoms with E-state index in [0.29, 0.717) is 41.6 Å². The van der Waals surface area contributed by atoms with Crippen molar-refractivity contribution >= 4 is 18.1 Å². The van der Waals surface area contributed by atoms with Gasteiger partial charge >= 0.3 is 5.97 Å². The lowest BCUT2D eigenvalue weighted by molar-refractivity contribution is -0.121. The Labute approximate surface area is 193 Å². The average Bonchev–Trinajstić information content (AvgIpc) is 2.83. The molecular formula is C24H30N2O7. The third kappa shape index (κ3) is 7.13. The van der Waals surface area contributed by atoms with Crippen molar-refractivity contribution in [1.82, 2.24) is 5.43 Å². The molecule has 0 aliphatic carbocycles. The number of ether oxygens (including phenoxy) is 5. The van der Waals surface area contributed by atoms with E-state index in [9.17, 15) is 9.59 Å². The van der Waals surface area contributed by atoms with Gasteiger partial charge in [0.25, 0.3) is 0 Å². The van der Waals surface area contributed by atoms with Gasteiger partial charge in [-0.1, -0.05) is 13.3 Å². The molecule has 0 heterocycles. The van der Waals surface area contributed by atoms with Crippen LogP contribution in [-0.2, 0) is 4.79 Å². The third-order valence-electron chi connectivity index (χ3n) is 4.53. The monoisotopic (exact) mass is 458 g/mol. The second kappa shape index (κ2) is 12.9. The minimum absolute atomic E-state index is 0.144. The summed E-state index contributed by atoms with van der Waals surface area (Å²) >= 11 is 0. The van der Waals surface area contributed by atoms with E-state index in [4.69, 9.17) is 23.7 Å². The molecule has 0 spiro atoms. The van der Waals surface area contributed by atoms with Gasteiger partial charge in [-0.05, 0) is 49.2 Å². The lowest BCUT2D eigenvalue weighted by Gasteiger charge is -2.15. The molecular weight excluding hydrogens is 428 g/mol. The second-order valence-corrected chi connectivity index (χ2v) is 6.84. The van der Waals surface area contributed by atoms with Gasteiger partial charge in [0.15, 0.2) is 23.0 Å². The number of methoxy groups -OCH3 is 3. The van der Waals surface area contributed by atoms with Crippen LogP contribution >= 0.6 is 0 Å². The molecule has 0 aliphatic rings. The number of hydrogen-bond donors (Lipinski definition) is 1. The number of carbonyl (C=O) groups is 2. The molecule has 2 rings (SSSR count). The number of amides is 1. The summed E-state index contributed by atoms with van der Waals surface area (Å²) in [7, 11) is 4.41. The zero-order valence-electron chi connectivity index (χ0n) is 19.6. The molecule has 2 aromatic rings. The minimum atomic E-state index is -0.625. The molecule has 0 fully saturated rings. The maximum Gasteiger partial charge on any atom is 0.343 e. The van der Waals surface area contributed by atoms with Gasteiger partial charge in [0.05, 0.1) is 39.7 Å². The number of carbonyl (C=O) groups excluding carboxylic acids is 2. The maximum absolute atomic E-state index is 12.8. The van der Waals surface area contributed by atoms with Gasteiger partial charge in [-0.3, -0.25) is 4.79 Å². The van der Waals surface area contributed by atoms with Crippen LogP contribution in [0.5, 0.6) is 28.7 Å². The molecule has 2 aromatic carbocycles. The van der Waals surface area contributed by atoms with Crippen LogP contribution in [0.1, 0.15) is 49.0 Å². The van der Waals surface area contributed by atoms with Crippen molar-refractivity contribution in [3.05, 3.63) is 41.5 Å². The molecule has 33 heavy (non-hydrogen) atoms. The fourth-order valence-corrected chi connectivity index (χ4v) is 2.89. The van der Waals surface area contributed by atoms with Crippen LogP contribution in [0.4, 0.5) is 0 Å². The fourth-order valence-electron chi connectivity index (χ4n) is 2.89. The molecule has 0 aromatic heterocycles. The minimum Gasteiger partial charge on any atom is -0.493 e. The number of nitrogens with one attached hydrogen (secondary N) is 1. The van der Waals surface area contributed by atoms with Crippen LogP contribution in [0.15, 0.2) is 35.4 Å². The van der Waals surface area contributed by atoms with E-state index in [2.05, 4.69) is 10.5 Å². The molecule has 0 bridgehead atoms. The van der Waals surface area contributed by atoms with Crippen molar-refractivity contribution in [3.63, 3.8) is 0 Å². The van der Waals surface area contributed by atoms with Crippen molar-refractivity contribution in [2.45, 2.75) is 33.1 Å². The largest absolute Gasteiger partial charge is 0.493 e. The summed E-state index contributed by atoms with van der Waals surface area (Å²) < 4.78 is 27.1. The summed E-state index contributed by atoms with van der Waals surface area (Å²) in [6, 6.07) is 7.98. The zero-order valence-corrected chi connectivity index (χ0v) is 19.6. The van der Waals surface area contributed by atoms with Crippen LogP contribution in [0, 0.1) is 0 Å². The van der Waals surface area contributed by atoms with Crippen LogP contribution in [0.2, 0.25) is 0 Å². The van der Waals surface area contributed by atoms with E-state index in [0.717, 1.165) is 12.8 Å². The number of hydrogen-bond acceptors (Lipinski definition) is 8. The van der Waals surface area contributed by atoms with Gasteiger partial charge in [0.2, 0.25) is 11.7 Å². The summed E-state index contributed by atoms with van der Waals surface area (Å²) in [6.45, 7) is 4.20. The lowest BCUT2D eigenvalue weighted by atomic mass is 10.1. The number of hydrazone groups is 1. The molecule has 0 saturated heterocycles. The Morgan fingerprint density at radius 3 is 2.21 bits per heavy atom. The molecule has 1 N–H and O–H groups in total. The second-order valence-electron chi connectivity index (χ2n) is 6.84. The van der Waals surface area contributed by atoms with Gasteiger partial charge in [0, 0.05) is 6.42 Å². The zero-order chi connectivity index (χ0) is 24.2. The number of rotatable bonds is 12. The van der Waals surface area contributed by atoms with Crippen LogP contribution in [0.3, 0.4) is 0 Å². The first-order valence-electron chi connectivity index (χ1n) is 10.6. The standard InChI is InChI=1S/C24H30N2O7/c1-6-8-9-22(27)26-25-15-16-10-11-18(19(12-16)32-7-2)33-24(28)17-13-20(29-3)23(31-5)21(14-17)30-4/h10-15H,6-9H2,1-5H3,(H,26,27)/b25-15-. The van der Waals surface area contributed by atoms with Crippen molar-refractivity contribution in [2.24, 2.45) is 5.10 Å². The highest BCUT2D eigenvalue weighted by Gasteiger charge is 2.19. The van der Waals surface area contributed by atoms with Crippen molar-refractivity contribution < 1.29 is 33.3 Å². The summed E-state index contributed by atoms with van der Waals surface area (Å²) in [5.74, 6) is 0.868. The normalized spacial score (nSPS) is 10.6. The van der Waals surface area contributed by atoms with Crippen molar-refractivity contribution in [2.75, 3.05) is 27.9 Å². The molecule has 0 radical (unpaired) electrons. The van der Waals surface area contributed by atoms with Gasteiger partial charge in [0.1, 0.15) is 0 Å². The van der Waals surface area contributed by atoms with Gasteiger partial charge in [-0.2, -0.15) is 5.10 Å². The Morgan fingerprint density at radius 1 is 0.939 bits per heavy atom. The summed E-state index contributed by atoms with van der Waals surface area (Å²) in [5, 5.41) is 3.96. The molecule has 0 aliphatic heterocycles. The maximum atomic E-state index is 12.8. The van der Waals surface area contributed by atoms with Gasteiger partial charge < -0.3 is 23.7 Å². The first kappa shape index (κ1) is 25.5. The highest BCUT2D eigenvalue weighted by molar-refractivity contribution is 5.93. The summed E-state index contributed by atoms with van der Waals surface area (Å²) in [4.78, 5) is 24.5. The van der Waals surface area contributed by atoms with Gasteiger partial charge in [-0.15, -0.1) is 0 Å². The fraction of sp³-hybridized carbons (Fsp3) is 0.375. The molecule has 0 unspecified atom stereocenters. The van der Waals surface area contributed by atoms with E-state index in [1.54, 1.807) is 18.2 Å². The highest BCUT2D eigenvalue weighted by Crippen LogP contribution is 2.38. The Hall–Kier alpha value is -3.75. The third-order valence-corrected chi connectivity index (χ3v) is 4.53. The quantitative estimate of drug-likeness (QED) is 0.222. The molecule has 178 valence electrons. The van der Waals surface area contributed by atoms with E-state index >= 15 is 0 Å². The van der Waals surface area contributed by atoms with Crippen LogP contribution in [-0.4, -0.2) is 46.0 Å². The SMILES string of the molecule is CCCCC(=O)N/N=C\c1ccc(OC(=O)c2cc(OC)c(OC)c(OC)c2)c(OCC)c1.